The molecule has 0 amide bonds. The predicted octanol–water partition coefficient (Wildman–Crippen LogP) is 3.36. The van der Waals surface area contributed by atoms with Crippen LogP contribution in [0.3, 0.4) is 0 Å². The van der Waals surface area contributed by atoms with Crippen molar-refractivity contribution in [2.24, 2.45) is 34.5 Å². The minimum absolute atomic E-state index is 0.0535. The molecule has 0 aromatic heterocycles. The molecule has 0 aromatic carbocycles. The number of ketones is 2. The summed E-state index contributed by atoms with van der Waals surface area (Å²) < 4.78 is 32.1. The van der Waals surface area contributed by atoms with Crippen molar-refractivity contribution < 1.29 is 28.6 Å². The van der Waals surface area contributed by atoms with Crippen LogP contribution in [-0.4, -0.2) is 46.3 Å². The maximum Gasteiger partial charge on any atom is 0.178 e. The van der Waals surface area contributed by atoms with Gasteiger partial charge in [0.05, 0.1) is 6.10 Å². The number of halogens is 2. The van der Waals surface area contributed by atoms with Gasteiger partial charge in [0, 0.05) is 17.3 Å². The van der Waals surface area contributed by atoms with Gasteiger partial charge < -0.3 is 10.2 Å². The third-order valence-corrected chi connectivity index (χ3v) is 8.38. The maximum absolute atomic E-state index is 16.8. The largest absolute Gasteiger partial charge is 0.390 e. The zero-order chi connectivity index (χ0) is 21.9. The van der Waals surface area contributed by atoms with Gasteiger partial charge in [-0.25, -0.2) is 8.78 Å². The summed E-state index contributed by atoms with van der Waals surface area (Å²) in [7, 11) is 0. The summed E-state index contributed by atoms with van der Waals surface area (Å²) in [6.07, 6.45) is -0.272. The number of hydrogen-bond donors (Lipinski definition) is 2. The maximum atomic E-state index is 16.8. The highest BCUT2D eigenvalue weighted by atomic mass is 19.1. The third-order valence-electron chi connectivity index (χ3n) is 8.38. The van der Waals surface area contributed by atoms with E-state index in [4.69, 9.17) is 0 Å². The fraction of sp³-hybridized carbons (Fsp3) is 0.739. The zero-order valence-electron chi connectivity index (χ0n) is 17.6. The molecule has 4 nitrogen and oxygen atoms in total. The molecular formula is C23H32F2O4. The molecule has 0 saturated heterocycles. The van der Waals surface area contributed by atoms with Gasteiger partial charge in [-0.2, -0.15) is 0 Å². The standard InChI is InChI=1S/C23H32F2O4/c1-6-13(27)8-16-17(24)9-15-14-7-12(2)20(18(28)11-26)22(14,5)10-19(29)23(15,25)21(16,3)4/h6,8,12,14-15,17,19-20,26,29H,1,7,9-11H2,2-5H3/b16-8-/t12-,14?,15?,17+,19?,20?,22?,23+/m1/s1. The molecule has 3 saturated carbocycles. The van der Waals surface area contributed by atoms with Gasteiger partial charge >= 0.3 is 0 Å². The molecule has 0 aromatic rings. The van der Waals surface area contributed by atoms with Gasteiger partial charge in [0.25, 0.3) is 0 Å². The molecule has 3 aliphatic rings. The molecule has 3 aliphatic carbocycles. The number of rotatable bonds is 4. The summed E-state index contributed by atoms with van der Waals surface area (Å²) >= 11 is 0. The van der Waals surface area contributed by atoms with Crippen LogP contribution in [0.1, 0.15) is 47.0 Å². The first kappa shape index (κ1) is 22.3. The quantitative estimate of drug-likeness (QED) is 0.697. The second kappa shape index (κ2) is 7.09. The summed E-state index contributed by atoms with van der Waals surface area (Å²) in [6, 6.07) is 0. The Balaban J connectivity index is 2.11. The molecule has 6 heteroatoms. The lowest BCUT2D eigenvalue weighted by molar-refractivity contribution is -0.208. The van der Waals surface area contributed by atoms with E-state index in [1.54, 1.807) is 13.8 Å². The van der Waals surface area contributed by atoms with Crippen LogP contribution in [-0.2, 0) is 9.59 Å². The number of hydrogen-bond acceptors (Lipinski definition) is 4. The van der Waals surface area contributed by atoms with Crippen LogP contribution in [0, 0.1) is 34.5 Å². The van der Waals surface area contributed by atoms with Gasteiger partial charge in [-0.05, 0) is 54.2 Å². The average molecular weight is 411 g/mol. The van der Waals surface area contributed by atoms with E-state index in [1.807, 2.05) is 13.8 Å². The van der Waals surface area contributed by atoms with E-state index in [0.717, 1.165) is 12.2 Å². The highest BCUT2D eigenvalue weighted by Gasteiger charge is 2.72. The molecule has 0 bridgehead atoms. The number of Topliss-reactive ketones (excluding diaryl/α,β-unsaturated/α-hetero) is 1. The van der Waals surface area contributed by atoms with E-state index in [0.29, 0.717) is 6.42 Å². The lowest BCUT2D eigenvalue weighted by Gasteiger charge is -2.62. The Labute approximate surface area is 171 Å². The number of aliphatic hydroxyl groups excluding tert-OH is 2. The fourth-order valence-corrected chi connectivity index (χ4v) is 7.14. The van der Waals surface area contributed by atoms with Crippen molar-refractivity contribution in [3.05, 3.63) is 24.3 Å². The monoisotopic (exact) mass is 410 g/mol. The van der Waals surface area contributed by atoms with E-state index < -0.39 is 53.0 Å². The van der Waals surface area contributed by atoms with Crippen molar-refractivity contribution in [3.8, 4) is 0 Å². The first-order chi connectivity index (χ1) is 13.4. The van der Waals surface area contributed by atoms with Crippen LogP contribution in [0.4, 0.5) is 8.78 Å². The lowest BCUT2D eigenvalue weighted by atomic mass is 9.45. The molecule has 3 rings (SSSR count). The van der Waals surface area contributed by atoms with Crippen molar-refractivity contribution in [3.63, 3.8) is 0 Å². The number of aliphatic hydroxyl groups is 2. The highest BCUT2D eigenvalue weighted by molar-refractivity contribution is 5.99. The number of alkyl halides is 2. The van der Waals surface area contributed by atoms with Gasteiger partial charge in [0.2, 0.25) is 0 Å². The Hall–Kier alpha value is -1.40. The van der Waals surface area contributed by atoms with Gasteiger partial charge in [-0.1, -0.05) is 34.3 Å². The zero-order valence-corrected chi connectivity index (χ0v) is 17.6. The number of carbonyl (C=O) groups excluding carboxylic acids is 2. The molecule has 8 atom stereocenters. The van der Waals surface area contributed by atoms with Crippen LogP contribution in [0.25, 0.3) is 0 Å². The number of allylic oxidation sites excluding steroid dienone is 3. The molecule has 2 N–H and O–H groups in total. The first-order valence-electron chi connectivity index (χ1n) is 10.4. The van der Waals surface area contributed by atoms with Gasteiger partial charge in [-0.3, -0.25) is 9.59 Å². The third kappa shape index (κ3) is 2.89. The number of fused-ring (bicyclic) bond motifs is 3. The van der Waals surface area contributed by atoms with Crippen molar-refractivity contribution in [1.82, 2.24) is 0 Å². The molecule has 0 radical (unpaired) electrons. The van der Waals surface area contributed by atoms with Crippen LogP contribution >= 0.6 is 0 Å². The Bertz CT molecular complexity index is 760. The second-order valence-electron chi connectivity index (χ2n) is 10.1. The molecule has 162 valence electrons. The Kier molecular flexibility index (Phi) is 5.45. The van der Waals surface area contributed by atoms with Gasteiger partial charge in [-0.15, -0.1) is 0 Å². The van der Waals surface area contributed by atoms with E-state index in [9.17, 15) is 19.8 Å². The first-order valence-corrected chi connectivity index (χ1v) is 10.4. The Morgan fingerprint density at radius 1 is 1.24 bits per heavy atom. The van der Waals surface area contributed by atoms with Crippen molar-refractivity contribution in [2.45, 2.75) is 64.9 Å². The normalized spacial score (nSPS) is 47.4. The van der Waals surface area contributed by atoms with Crippen molar-refractivity contribution in [1.29, 1.82) is 0 Å². The van der Waals surface area contributed by atoms with Crippen molar-refractivity contribution >= 4 is 11.6 Å². The molecule has 29 heavy (non-hydrogen) atoms. The fourth-order valence-electron chi connectivity index (χ4n) is 7.14. The molecule has 3 fully saturated rings. The van der Waals surface area contributed by atoms with Crippen LogP contribution < -0.4 is 0 Å². The molecule has 5 unspecified atom stereocenters. The van der Waals surface area contributed by atoms with E-state index in [-0.39, 0.29) is 36.0 Å². The lowest BCUT2D eigenvalue weighted by Crippen LogP contribution is -2.67. The summed E-state index contributed by atoms with van der Waals surface area (Å²) in [6.45, 7) is 9.68. The number of carbonyl (C=O) groups is 2. The van der Waals surface area contributed by atoms with Gasteiger partial charge in [0.15, 0.2) is 11.6 Å². The minimum atomic E-state index is -2.12. The van der Waals surface area contributed by atoms with E-state index >= 15 is 8.78 Å². The van der Waals surface area contributed by atoms with Gasteiger partial charge in [0.1, 0.15) is 18.4 Å². The summed E-state index contributed by atoms with van der Waals surface area (Å²) in [5, 5.41) is 20.5. The summed E-state index contributed by atoms with van der Waals surface area (Å²) in [5.74, 6) is -2.44. The van der Waals surface area contributed by atoms with Crippen LogP contribution in [0.15, 0.2) is 24.3 Å². The SMILES string of the molecule is C=CC(=O)/C=C1/[C@@H](F)CC2C3C[C@@H](C)C(C(=O)CO)C3(C)CC(O)[C@]2(F)C1(C)C. The topological polar surface area (TPSA) is 74.6 Å². The van der Waals surface area contributed by atoms with E-state index in [1.165, 1.54) is 0 Å². The molecule has 0 heterocycles. The summed E-state index contributed by atoms with van der Waals surface area (Å²) in [5.41, 5.74) is -4.16. The molecule has 0 spiro atoms. The molecule has 0 aliphatic heterocycles. The van der Waals surface area contributed by atoms with Crippen molar-refractivity contribution in [2.75, 3.05) is 6.61 Å². The Morgan fingerprint density at radius 2 is 1.86 bits per heavy atom. The minimum Gasteiger partial charge on any atom is -0.390 e. The summed E-state index contributed by atoms with van der Waals surface area (Å²) in [4.78, 5) is 24.4. The highest BCUT2D eigenvalue weighted by Crippen LogP contribution is 2.69. The second-order valence-corrected chi connectivity index (χ2v) is 10.1. The smallest absolute Gasteiger partial charge is 0.178 e. The van der Waals surface area contributed by atoms with Crippen LogP contribution in [0.5, 0.6) is 0 Å². The predicted molar refractivity (Wildman–Crippen MR) is 105 cm³/mol. The molecular weight excluding hydrogens is 378 g/mol. The average Bonchev–Trinajstić information content (AvgIpc) is 2.90. The van der Waals surface area contributed by atoms with Crippen LogP contribution in [0.2, 0.25) is 0 Å². The van der Waals surface area contributed by atoms with E-state index in [2.05, 4.69) is 6.58 Å². The Morgan fingerprint density at radius 3 is 2.41 bits per heavy atom.